The van der Waals surface area contributed by atoms with Gasteiger partial charge in [0.05, 0.1) is 34.5 Å². The molecule has 1 saturated heterocycles. The van der Waals surface area contributed by atoms with Crippen molar-refractivity contribution in [3.8, 4) is 11.4 Å². The minimum absolute atomic E-state index is 0.0867. The van der Waals surface area contributed by atoms with E-state index in [1.807, 2.05) is 36.0 Å². The summed E-state index contributed by atoms with van der Waals surface area (Å²) in [7, 11) is 0. The number of pyridine rings is 1. The van der Waals surface area contributed by atoms with E-state index in [4.69, 9.17) is 4.98 Å². The first-order chi connectivity index (χ1) is 15.9. The van der Waals surface area contributed by atoms with Crippen LogP contribution in [0.15, 0.2) is 41.5 Å². The van der Waals surface area contributed by atoms with Gasteiger partial charge in [0.2, 0.25) is 0 Å². The average Bonchev–Trinajstić information content (AvgIpc) is 3.69. The largest absolute Gasteiger partial charge is 0.367 e. The summed E-state index contributed by atoms with van der Waals surface area (Å²) in [5.41, 5.74) is 6.36. The molecule has 8 heteroatoms. The summed E-state index contributed by atoms with van der Waals surface area (Å²) < 4.78 is 3.51. The van der Waals surface area contributed by atoms with Gasteiger partial charge in [0.15, 0.2) is 0 Å². The summed E-state index contributed by atoms with van der Waals surface area (Å²) in [4.78, 5) is 25.0. The number of hydrogen-bond donors (Lipinski definition) is 1. The molecule has 0 amide bonds. The first-order valence-electron chi connectivity index (χ1n) is 11.9. The number of aryl methyl sites for hydroxylation is 2. The molecular formula is C25H27N7O. The Hall–Kier alpha value is -3.26. The van der Waals surface area contributed by atoms with Crippen molar-refractivity contribution in [1.82, 2.24) is 29.3 Å². The summed E-state index contributed by atoms with van der Waals surface area (Å²) >= 11 is 0. The minimum atomic E-state index is -0.0867. The second-order valence-electron chi connectivity index (χ2n) is 10.2. The van der Waals surface area contributed by atoms with Crippen LogP contribution in [0.3, 0.4) is 0 Å². The highest BCUT2D eigenvalue weighted by Crippen LogP contribution is 2.49. The van der Waals surface area contributed by atoms with Crippen LogP contribution in [0.5, 0.6) is 0 Å². The lowest BCUT2D eigenvalue weighted by Crippen LogP contribution is -2.60. The number of aromatic nitrogens is 5. The Labute approximate surface area is 191 Å². The van der Waals surface area contributed by atoms with Crippen LogP contribution in [-0.4, -0.2) is 48.2 Å². The Morgan fingerprint density at radius 3 is 2.45 bits per heavy atom. The zero-order valence-corrected chi connectivity index (χ0v) is 19.0. The molecule has 5 heterocycles. The Balaban J connectivity index is 1.28. The number of hydrogen-bond acceptors (Lipinski definition) is 6. The lowest BCUT2D eigenvalue weighted by atomic mass is 10.1. The van der Waals surface area contributed by atoms with Gasteiger partial charge in [-0.2, -0.15) is 5.10 Å². The third-order valence-corrected chi connectivity index (χ3v) is 7.48. The van der Waals surface area contributed by atoms with Gasteiger partial charge in [0.25, 0.3) is 5.56 Å². The van der Waals surface area contributed by atoms with Crippen molar-refractivity contribution in [2.75, 3.05) is 18.0 Å². The SMILES string of the molecule is CCc1nc(C)cn2nc(-c3cc(=O)n4cc(N5CC6(CC6)NC6(CC6)C5)ccc4n3)cc12. The highest BCUT2D eigenvalue weighted by molar-refractivity contribution is 5.66. The molecule has 0 bridgehead atoms. The van der Waals surface area contributed by atoms with Crippen molar-refractivity contribution in [3.05, 3.63) is 58.4 Å². The molecule has 8 nitrogen and oxygen atoms in total. The maximum Gasteiger partial charge on any atom is 0.258 e. The van der Waals surface area contributed by atoms with Crippen molar-refractivity contribution in [2.45, 2.75) is 57.0 Å². The zero-order valence-electron chi connectivity index (χ0n) is 19.0. The smallest absolute Gasteiger partial charge is 0.258 e. The van der Waals surface area contributed by atoms with Crippen LogP contribution in [0.4, 0.5) is 5.69 Å². The molecule has 2 spiro atoms. The van der Waals surface area contributed by atoms with Gasteiger partial charge in [0.1, 0.15) is 11.3 Å². The average molecular weight is 442 g/mol. The van der Waals surface area contributed by atoms with Gasteiger partial charge < -0.3 is 10.2 Å². The lowest BCUT2D eigenvalue weighted by Gasteiger charge is -2.41. The standard InChI is InChI=1S/C25H27N7O/c1-3-18-21-10-20(28-32(21)12-16(2)26-18)19-11-23(33)31-13-17(4-5-22(31)27-19)30-14-24(6-7-24)29-25(15-30)8-9-25/h4-5,10-13,29H,3,6-9,14-15H2,1-2H3. The number of nitrogens with zero attached hydrogens (tertiary/aromatic N) is 6. The Morgan fingerprint density at radius 1 is 1.00 bits per heavy atom. The molecule has 2 saturated carbocycles. The minimum Gasteiger partial charge on any atom is -0.367 e. The molecule has 1 aliphatic heterocycles. The fraction of sp³-hybridized carbons (Fsp3) is 0.440. The summed E-state index contributed by atoms with van der Waals surface area (Å²) in [6.07, 6.45) is 9.68. The van der Waals surface area contributed by atoms with Crippen LogP contribution in [-0.2, 0) is 6.42 Å². The molecular weight excluding hydrogens is 414 g/mol. The fourth-order valence-electron chi connectivity index (χ4n) is 5.46. The summed E-state index contributed by atoms with van der Waals surface area (Å²) in [6.45, 7) is 6.07. The Bertz CT molecular complexity index is 1470. The van der Waals surface area contributed by atoms with E-state index in [0.717, 1.165) is 42.1 Å². The van der Waals surface area contributed by atoms with E-state index in [1.54, 1.807) is 10.5 Å². The first-order valence-corrected chi connectivity index (χ1v) is 11.9. The van der Waals surface area contributed by atoms with Gasteiger partial charge in [-0.1, -0.05) is 6.92 Å². The van der Waals surface area contributed by atoms with E-state index in [0.29, 0.717) is 17.0 Å². The van der Waals surface area contributed by atoms with E-state index in [1.165, 1.54) is 25.7 Å². The molecule has 2 aliphatic carbocycles. The maximum atomic E-state index is 13.1. The molecule has 33 heavy (non-hydrogen) atoms. The summed E-state index contributed by atoms with van der Waals surface area (Å²) in [5, 5.41) is 8.60. The summed E-state index contributed by atoms with van der Waals surface area (Å²) in [5.74, 6) is 0. The molecule has 1 N–H and O–H groups in total. The molecule has 0 unspecified atom stereocenters. The first kappa shape index (κ1) is 19.2. The van der Waals surface area contributed by atoms with Crippen molar-refractivity contribution in [2.24, 2.45) is 0 Å². The van der Waals surface area contributed by atoms with Crippen LogP contribution in [0.2, 0.25) is 0 Å². The second-order valence-corrected chi connectivity index (χ2v) is 10.2. The number of piperazine rings is 1. The van der Waals surface area contributed by atoms with Crippen molar-refractivity contribution in [1.29, 1.82) is 0 Å². The Kier molecular flexibility index (Phi) is 3.74. The third kappa shape index (κ3) is 3.08. The van der Waals surface area contributed by atoms with Crippen molar-refractivity contribution < 1.29 is 0 Å². The van der Waals surface area contributed by atoms with Crippen LogP contribution in [0.1, 0.15) is 44.0 Å². The fourth-order valence-corrected chi connectivity index (χ4v) is 5.46. The van der Waals surface area contributed by atoms with Gasteiger partial charge in [0, 0.05) is 36.4 Å². The topological polar surface area (TPSA) is 79.8 Å². The molecule has 3 aliphatic rings. The molecule has 7 rings (SSSR count). The van der Waals surface area contributed by atoms with E-state index >= 15 is 0 Å². The van der Waals surface area contributed by atoms with Gasteiger partial charge in [-0.05, 0) is 57.2 Å². The molecule has 0 atom stereocenters. The molecule has 0 aromatic carbocycles. The number of anilines is 1. The van der Waals surface area contributed by atoms with Crippen molar-refractivity contribution >= 4 is 16.9 Å². The Morgan fingerprint density at radius 2 is 1.76 bits per heavy atom. The predicted octanol–water partition coefficient (Wildman–Crippen LogP) is 2.75. The molecule has 3 fully saturated rings. The monoisotopic (exact) mass is 441 g/mol. The van der Waals surface area contributed by atoms with Gasteiger partial charge >= 0.3 is 0 Å². The van der Waals surface area contributed by atoms with Gasteiger partial charge in [-0.15, -0.1) is 0 Å². The molecule has 0 radical (unpaired) electrons. The highest BCUT2D eigenvalue weighted by Gasteiger charge is 2.58. The van der Waals surface area contributed by atoms with Crippen LogP contribution in [0, 0.1) is 6.92 Å². The number of nitrogens with one attached hydrogen (secondary N) is 1. The van der Waals surface area contributed by atoms with Gasteiger partial charge in [-0.3, -0.25) is 14.2 Å². The quantitative estimate of drug-likeness (QED) is 0.527. The number of fused-ring (bicyclic) bond motifs is 2. The second kappa shape index (κ2) is 6.41. The lowest BCUT2D eigenvalue weighted by molar-refractivity contribution is 0.340. The zero-order chi connectivity index (χ0) is 22.4. The molecule has 4 aromatic heterocycles. The highest BCUT2D eigenvalue weighted by atomic mass is 16.1. The van der Waals surface area contributed by atoms with Crippen molar-refractivity contribution in [3.63, 3.8) is 0 Å². The van der Waals surface area contributed by atoms with E-state index < -0.39 is 0 Å². The normalized spacial score (nSPS) is 20.2. The molecule has 4 aromatic rings. The van der Waals surface area contributed by atoms with E-state index in [9.17, 15) is 4.79 Å². The van der Waals surface area contributed by atoms with Crippen LogP contribution in [0.25, 0.3) is 22.6 Å². The number of rotatable bonds is 3. The summed E-state index contributed by atoms with van der Waals surface area (Å²) in [6, 6.07) is 7.63. The van der Waals surface area contributed by atoms with Gasteiger partial charge in [-0.25, -0.2) is 9.50 Å². The maximum absolute atomic E-state index is 13.1. The third-order valence-electron chi connectivity index (χ3n) is 7.48. The van der Waals surface area contributed by atoms with E-state index in [2.05, 4.69) is 33.3 Å². The van der Waals surface area contributed by atoms with E-state index in [-0.39, 0.29) is 16.6 Å². The van der Waals surface area contributed by atoms with Crippen LogP contribution < -0.4 is 15.8 Å². The van der Waals surface area contributed by atoms with Crippen LogP contribution >= 0.6 is 0 Å². The molecule has 168 valence electrons. The predicted molar refractivity (Wildman–Crippen MR) is 127 cm³/mol.